The van der Waals surface area contributed by atoms with Gasteiger partial charge in [0.05, 0.1) is 27.0 Å². The number of aryl methyl sites for hydroxylation is 1. The van der Waals surface area contributed by atoms with Gasteiger partial charge in [0.1, 0.15) is 0 Å². The maximum Gasteiger partial charge on any atom is 0.259 e. The van der Waals surface area contributed by atoms with Crippen LogP contribution in [0.25, 0.3) is 0 Å². The van der Waals surface area contributed by atoms with Gasteiger partial charge in [-0.05, 0) is 19.1 Å². The van der Waals surface area contributed by atoms with Gasteiger partial charge in [-0.15, -0.1) is 0 Å². The molecule has 0 aliphatic rings. The predicted octanol–water partition coefficient (Wildman–Crippen LogP) is 2.86. The predicted molar refractivity (Wildman–Crippen MR) is 72.2 cm³/mol. The van der Waals surface area contributed by atoms with Crippen LogP contribution in [0.4, 0.5) is 11.5 Å². The molecule has 0 aliphatic carbocycles. The molecule has 0 saturated heterocycles. The van der Waals surface area contributed by atoms with Gasteiger partial charge in [-0.3, -0.25) is 9.89 Å². The van der Waals surface area contributed by atoms with Crippen LogP contribution in [0.1, 0.15) is 16.1 Å². The van der Waals surface area contributed by atoms with Gasteiger partial charge < -0.3 is 11.1 Å². The van der Waals surface area contributed by atoms with E-state index >= 15 is 0 Å². The number of nitrogen functional groups attached to an aromatic ring is 1. The zero-order valence-electron chi connectivity index (χ0n) is 9.42. The van der Waals surface area contributed by atoms with Gasteiger partial charge in [-0.2, -0.15) is 5.10 Å². The van der Waals surface area contributed by atoms with Crippen LogP contribution >= 0.6 is 23.2 Å². The lowest BCUT2D eigenvalue weighted by Gasteiger charge is -2.06. The number of rotatable bonds is 2. The molecule has 1 aromatic carbocycles. The lowest BCUT2D eigenvalue weighted by molar-refractivity contribution is 0.102. The second kappa shape index (κ2) is 4.88. The maximum absolute atomic E-state index is 12.0. The summed E-state index contributed by atoms with van der Waals surface area (Å²) in [5, 5.41) is 9.63. The number of halogens is 2. The minimum atomic E-state index is -0.455. The molecule has 0 radical (unpaired) electrons. The van der Waals surface area contributed by atoms with Crippen LogP contribution in [0.15, 0.2) is 18.2 Å². The van der Waals surface area contributed by atoms with E-state index < -0.39 is 5.91 Å². The van der Waals surface area contributed by atoms with E-state index in [0.29, 0.717) is 11.4 Å². The van der Waals surface area contributed by atoms with Crippen LogP contribution in [0.2, 0.25) is 10.0 Å². The summed E-state index contributed by atoms with van der Waals surface area (Å²) in [6, 6.07) is 4.83. The molecule has 4 N–H and O–H groups in total. The number of hydrogen-bond acceptors (Lipinski definition) is 3. The van der Waals surface area contributed by atoms with Gasteiger partial charge in [0, 0.05) is 0 Å². The van der Waals surface area contributed by atoms with E-state index in [2.05, 4.69) is 15.5 Å². The van der Waals surface area contributed by atoms with Gasteiger partial charge in [-0.25, -0.2) is 0 Å². The third kappa shape index (κ3) is 2.27. The molecule has 1 aromatic heterocycles. The Morgan fingerprint density at radius 2 is 2.00 bits per heavy atom. The number of H-pyrrole nitrogens is 1. The van der Waals surface area contributed by atoms with Crippen molar-refractivity contribution in [3.05, 3.63) is 39.5 Å². The molecule has 0 saturated carbocycles. The van der Waals surface area contributed by atoms with Gasteiger partial charge in [0.2, 0.25) is 0 Å². The Bertz CT molecular complexity index is 589. The summed E-state index contributed by atoms with van der Waals surface area (Å²) in [6.07, 6.45) is 0. The molecule has 94 valence electrons. The second-order valence-electron chi connectivity index (χ2n) is 3.66. The number of hydrogen-bond donors (Lipinski definition) is 3. The number of benzene rings is 1. The van der Waals surface area contributed by atoms with Crippen LogP contribution < -0.4 is 11.1 Å². The zero-order valence-corrected chi connectivity index (χ0v) is 10.9. The third-order valence-electron chi connectivity index (χ3n) is 2.42. The van der Waals surface area contributed by atoms with Crippen molar-refractivity contribution in [1.82, 2.24) is 10.2 Å². The Hall–Kier alpha value is -1.72. The summed E-state index contributed by atoms with van der Waals surface area (Å²) in [5.41, 5.74) is 6.98. The van der Waals surface area contributed by atoms with E-state index in [-0.39, 0.29) is 21.4 Å². The van der Waals surface area contributed by atoms with E-state index in [1.54, 1.807) is 25.1 Å². The summed E-state index contributed by atoms with van der Waals surface area (Å²) in [7, 11) is 0. The van der Waals surface area contributed by atoms with Crippen LogP contribution in [0, 0.1) is 6.92 Å². The first-order chi connectivity index (χ1) is 8.50. The number of nitrogens with zero attached hydrogens (tertiary/aromatic N) is 1. The fourth-order valence-electron chi connectivity index (χ4n) is 1.42. The molecule has 0 unspecified atom stereocenters. The van der Waals surface area contributed by atoms with Crippen LogP contribution in [0.3, 0.4) is 0 Å². The zero-order chi connectivity index (χ0) is 13.3. The van der Waals surface area contributed by atoms with Gasteiger partial charge in [0.25, 0.3) is 5.91 Å². The molecule has 1 heterocycles. The lowest BCUT2D eigenvalue weighted by atomic mass is 10.2. The second-order valence-corrected chi connectivity index (χ2v) is 4.48. The van der Waals surface area contributed by atoms with Crippen LogP contribution in [-0.4, -0.2) is 16.1 Å². The molecule has 2 rings (SSSR count). The van der Waals surface area contributed by atoms with Crippen LogP contribution in [0.5, 0.6) is 0 Å². The summed E-state index contributed by atoms with van der Waals surface area (Å²) >= 11 is 11.9. The smallest absolute Gasteiger partial charge is 0.259 e. The third-order valence-corrected chi connectivity index (χ3v) is 3.05. The molecule has 5 nitrogen and oxygen atoms in total. The summed E-state index contributed by atoms with van der Waals surface area (Å²) < 4.78 is 0. The normalized spacial score (nSPS) is 10.4. The first-order valence-electron chi connectivity index (χ1n) is 5.06. The topological polar surface area (TPSA) is 83.8 Å². The number of amides is 1. The molecule has 1 amide bonds. The van der Waals surface area contributed by atoms with E-state index in [1.807, 2.05) is 0 Å². The number of anilines is 2. The standard InChI is InChI=1S/C11H10Cl2N4O/c1-5-9(14)10(17-16-5)15-11(18)8-6(12)3-2-4-7(8)13/h2-4H,14H2,1H3,(H2,15,16,17,18). The number of carbonyl (C=O) groups is 1. The fraction of sp³-hybridized carbons (Fsp3) is 0.0909. The average molecular weight is 285 g/mol. The van der Waals surface area contributed by atoms with E-state index in [1.165, 1.54) is 0 Å². The maximum atomic E-state index is 12.0. The Morgan fingerprint density at radius 1 is 1.39 bits per heavy atom. The van der Waals surface area contributed by atoms with Crippen molar-refractivity contribution in [2.45, 2.75) is 6.92 Å². The molecule has 0 fully saturated rings. The number of nitrogens with one attached hydrogen (secondary N) is 2. The highest BCUT2D eigenvalue weighted by Crippen LogP contribution is 2.26. The van der Waals surface area contributed by atoms with Crippen molar-refractivity contribution in [2.75, 3.05) is 11.1 Å². The molecule has 0 aliphatic heterocycles. The first-order valence-corrected chi connectivity index (χ1v) is 5.82. The molecule has 2 aromatic rings. The molecule has 0 atom stereocenters. The molecule has 7 heteroatoms. The minimum Gasteiger partial charge on any atom is -0.394 e. The summed E-state index contributed by atoms with van der Waals surface area (Å²) in [4.78, 5) is 12.0. The number of nitrogens with two attached hydrogens (primary N) is 1. The van der Waals surface area contributed by atoms with Crippen molar-refractivity contribution < 1.29 is 4.79 Å². The highest BCUT2D eigenvalue weighted by Gasteiger charge is 2.17. The Morgan fingerprint density at radius 3 is 2.50 bits per heavy atom. The highest BCUT2D eigenvalue weighted by atomic mass is 35.5. The minimum absolute atomic E-state index is 0.195. The average Bonchev–Trinajstić information content (AvgIpc) is 2.61. The molecular weight excluding hydrogens is 275 g/mol. The number of carbonyl (C=O) groups excluding carboxylic acids is 1. The Balaban J connectivity index is 2.31. The monoisotopic (exact) mass is 284 g/mol. The lowest BCUT2D eigenvalue weighted by Crippen LogP contribution is -2.14. The fourth-order valence-corrected chi connectivity index (χ4v) is 1.99. The van der Waals surface area contributed by atoms with Crippen molar-refractivity contribution in [3.8, 4) is 0 Å². The van der Waals surface area contributed by atoms with E-state index in [4.69, 9.17) is 28.9 Å². The van der Waals surface area contributed by atoms with Crippen molar-refractivity contribution in [1.29, 1.82) is 0 Å². The SMILES string of the molecule is Cc1[nH]nc(NC(=O)c2c(Cl)cccc2Cl)c1N. The molecular formula is C11H10Cl2N4O. The Kier molecular flexibility index (Phi) is 3.45. The van der Waals surface area contributed by atoms with Crippen molar-refractivity contribution in [2.24, 2.45) is 0 Å². The van der Waals surface area contributed by atoms with E-state index in [0.717, 1.165) is 0 Å². The largest absolute Gasteiger partial charge is 0.394 e. The summed E-state index contributed by atoms with van der Waals surface area (Å²) in [6.45, 7) is 1.75. The first kappa shape index (κ1) is 12.7. The molecule has 0 bridgehead atoms. The molecule has 0 spiro atoms. The summed E-state index contributed by atoms with van der Waals surface area (Å²) in [5.74, 6) is -0.197. The quantitative estimate of drug-likeness (QED) is 0.793. The van der Waals surface area contributed by atoms with Crippen molar-refractivity contribution in [3.63, 3.8) is 0 Å². The number of aromatic amines is 1. The van der Waals surface area contributed by atoms with E-state index in [9.17, 15) is 4.79 Å². The van der Waals surface area contributed by atoms with Gasteiger partial charge in [-0.1, -0.05) is 29.3 Å². The highest BCUT2D eigenvalue weighted by molar-refractivity contribution is 6.40. The van der Waals surface area contributed by atoms with Crippen LogP contribution in [-0.2, 0) is 0 Å². The Labute approximate surface area is 113 Å². The number of aromatic nitrogens is 2. The molecule has 18 heavy (non-hydrogen) atoms. The van der Waals surface area contributed by atoms with Crippen molar-refractivity contribution >= 4 is 40.6 Å². The van der Waals surface area contributed by atoms with Gasteiger partial charge in [0.15, 0.2) is 5.82 Å². The van der Waals surface area contributed by atoms with Gasteiger partial charge >= 0.3 is 0 Å².